The number of aryl methyl sites for hydroxylation is 2. The van der Waals surface area contributed by atoms with Crippen LogP contribution in [0.15, 0.2) is 109 Å². The van der Waals surface area contributed by atoms with Crippen molar-refractivity contribution < 1.29 is 0 Å². The molecule has 0 saturated heterocycles. The standard InChI is InChI=1S/C46H43N/c1-29-9-21-41-38(25-29)39-26-30(2)10-22-42(39)47(41)36-17-15-34(16-18-36)46(23-7-6-8-24-46)40-20-14-31-11-12-32-27-35(45(3,4)5)28-33-13-19-37(40)44(31)43(32)33/h9-22,25-28H,6-8,23-24H2,1-5H3. The smallest absolute Gasteiger partial charge is 0.0541 e. The lowest BCUT2D eigenvalue weighted by atomic mass is 9.64. The van der Waals surface area contributed by atoms with Gasteiger partial charge in [0.25, 0.3) is 0 Å². The highest BCUT2D eigenvalue weighted by atomic mass is 15.0. The van der Waals surface area contributed by atoms with Crippen LogP contribution in [-0.4, -0.2) is 4.57 Å². The highest BCUT2D eigenvalue weighted by Gasteiger charge is 2.37. The van der Waals surface area contributed by atoms with Gasteiger partial charge in [-0.15, -0.1) is 0 Å². The van der Waals surface area contributed by atoms with E-state index >= 15 is 0 Å². The average Bonchev–Trinajstić information content (AvgIpc) is 3.39. The molecule has 0 amide bonds. The van der Waals surface area contributed by atoms with Crippen LogP contribution in [0, 0.1) is 13.8 Å². The van der Waals surface area contributed by atoms with Crippen molar-refractivity contribution in [3.63, 3.8) is 0 Å². The molecule has 0 spiro atoms. The Kier molecular flexibility index (Phi) is 6.20. The summed E-state index contributed by atoms with van der Waals surface area (Å²) in [7, 11) is 0. The highest BCUT2D eigenvalue weighted by molar-refractivity contribution is 6.24. The number of benzene rings is 7. The van der Waals surface area contributed by atoms with Gasteiger partial charge in [-0.25, -0.2) is 0 Å². The number of nitrogens with zero attached hydrogens (tertiary/aromatic N) is 1. The average molecular weight is 610 g/mol. The van der Waals surface area contributed by atoms with Gasteiger partial charge in [0.1, 0.15) is 0 Å². The van der Waals surface area contributed by atoms with Gasteiger partial charge in [-0.2, -0.15) is 0 Å². The van der Waals surface area contributed by atoms with Crippen LogP contribution < -0.4 is 0 Å². The molecule has 47 heavy (non-hydrogen) atoms. The second-order valence-electron chi connectivity index (χ2n) is 15.5. The Morgan fingerprint density at radius 3 is 1.72 bits per heavy atom. The van der Waals surface area contributed by atoms with Crippen LogP contribution in [0.1, 0.15) is 80.7 Å². The molecule has 1 aliphatic carbocycles. The lowest BCUT2D eigenvalue weighted by molar-refractivity contribution is 0.348. The summed E-state index contributed by atoms with van der Waals surface area (Å²) in [6.07, 6.45) is 6.24. The quantitative estimate of drug-likeness (QED) is 0.176. The van der Waals surface area contributed by atoms with E-state index in [1.165, 1.54) is 120 Å². The number of rotatable bonds is 3. The number of aromatic nitrogens is 1. The minimum atomic E-state index is 0.00467. The van der Waals surface area contributed by atoms with Crippen LogP contribution in [-0.2, 0) is 10.8 Å². The molecule has 1 nitrogen and oxygen atoms in total. The zero-order valence-electron chi connectivity index (χ0n) is 28.4. The van der Waals surface area contributed by atoms with E-state index in [2.05, 4.69) is 148 Å². The van der Waals surface area contributed by atoms with Gasteiger partial charge in [0.05, 0.1) is 11.0 Å². The van der Waals surface area contributed by atoms with Gasteiger partial charge in [0.2, 0.25) is 0 Å². The summed E-state index contributed by atoms with van der Waals surface area (Å²) < 4.78 is 2.46. The van der Waals surface area contributed by atoms with Crippen molar-refractivity contribution in [2.45, 2.75) is 77.6 Å². The third kappa shape index (κ3) is 4.28. The molecule has 1 aromatic heterocycles. The monoisotopic (exact) mass is 609 g/mol. The first kappa shape index (κ1) is 28.6. The Morgan fingerprint density at radius 1 is 0.532 bits per heavy atom. The molecule has 0 bridgehead atoms. The Hall–Kier alpha value is -4.62. The van der Waals surface area contributed by atoms with E-state index in [1.807, 2.05) is 0 Å². The van der Waals surface area contributed by atoms with E-state index in [9.17, 15) is 0 Å². The first-order valence-electron chi connectivity index (χ1n) is 17.6. The number of hydrogen-bond donors (Lipinski definition) is 0. The molecule has 0 unspecified atom stereocenters. The second-order valence-corrected chi connectivity index (χ2v) is 15.5. The maximum Gasteiger partial charge on any atom is 0.0541 e. The molecule has 1 heterocycles. The molecule has 0 atom stereocenters. The van der Waals surface area contributed by atoms with Crippen molar-refractivity contribution in [3.05, 3.63) is 137 Å². The van der Waals surface area contributed by atoms with E-state index in [0.717, 1.165) is 0 Å². The zero-order chi connectivity index (χ0) is 32.1. The molecule has 0 radical (unpaired) electrons. The largest absolute Gasteiger partial charge is 0.309 e. The maximum atomic E-state index is 2.47. The molecule has 0 aliphatic heterocycles. The molecule has 0 N–H and O–H groups in total. The first-order valence-corrected chi connectivity index (χ1v) is 17.6. The van der Waals surface area contributed by atoms with E-state index in [4.69, 9.17) is 0 Å². The summed E-state index contributed by atoms with van der Waals surface area (Å²) in [5.74, 6) is 0. The summed E-state index contributed by atoms with van der Waals surface area (Å²) in [5, 5.41) is 11.0. The number of fused-ring (bicyclic) bond motifs is 3. The number of hydrogen-bond acceptors (Lipinski definition) is 0. The van der Waals surface area contributed by atoms with Gasteiger partial charge in [0.15, 0.2) is 0 Å². The van der Waals surface area contributed by atoms with Gasteiger partial charge in [-0.1, -0.05) is 124 Å². The third-order valence-corrected chi connectivity index (χ3v) is 11.4. The summed E-state index contributed by atoms with van der Waals surface area (Å²) in [4.78, 5) is 0. The zero-order valence-corrected chi connectivity index (χ0v) is 28.4. The van der Waals surface area contributed by atoms with Crippen LogP contribution in [0.4, 0.5) is 0 Å². The molecule has 1 saturated carbocycles. The van der Waals surface area contributed by atoms with Crippen LogP contribution in [0.2, 0.25) is 0 Å². The van der Waals surface area contributed by atoms with E-state index in [-0.39, 0.29) is 10.8 Å². The minimum absolute atomic E-state index is 0.00467. The third-order valence-electron chi connectivity index (χ3n) is 11.4. The maximum absolute atomic E-state index is 2.47. The Bertz CT molecular complexity index is 2400. The molecule has 8 aromatic rings. The Balaban J connectivity index is 1.23. The fourth-order valence-electron chi connectivity index (χ4n) is 9.00. The van der Waals surface area contributed by atoms with Crippen LogP contribution in [0.25, 0.3) is 59.8 Å². The molecular formula is C46H43N. The lowest BCUT2D eigenvalue weighted by Crippen LogP contribution is -2.30. The van der Waals surface area contributed by atoms with Crippen molar-refractivity contribution in [2.24, 2.45) is 0 Å². The van der Waals surface area contributed by atoms with Gasteiger partial charge < -0.3 is 4.57 Å². The van der Waals surface area contributed by atoms with Crippen molar-refractivity contribution >= 4 is 54.1 Å². The van der Waals surface area contributed by atoms with Crippen molar-refractivity contribution in [3.8, 4) is 5.69 Å². The lowest BCUT2D eigenvalue weighted by Gasteiger charge is -2.40. The van der Waals surface area contributed by atoms with Crippen LogP contribution in [0.3, 0.4) is 0 Å². The summed E-state index contributed by atoms with van der Waals surface area (Å²) in [6.45, 7) is 11.3. The van der Waals surface area contributed by atoms with Crippen LogP contribution >= 0.6 is 0 Å². The van der Waals surface area contributed by atoms with Crippen molar-refractivity contribution in [1.82, 2.24) is 4.57 Å². The van der Waals surface area contributed by atoms with Gasteiger partial charge >= 0.3 is 0 Å². The Labute approximate surface area is 278 Å². The molecule has 1 aliphatic rings. The first-order chi connectivity index (χ1) is 22.7. The molecular weight excluding hydrogens is 567 g/mol. The summed E-state index contributed by atoms with van der Waals surface area (Å²) >= 11 is 0. The molecule has 1 fully saturated rings. The minimum Gasteiger partial charge on any atom is -0.309 e. The predicted octanol–water partition coefficient (Wildman–Crippen LogP) is 12.8. The van der Waals surface area contributed by atoms with Gasteiger partial charge in [-0.05, 0) is 118 Å². The van der Waals surface area contributed by atoms with E-state index in [1.54, 1.807) is 0 Å². The van der Waals surface area contributed by atoms with Gasteiger partial charge in [-0.3, -0.25) is 0 Å². The van der Waals surface area contributed by atoms with Crippen LogP contribution in [0.5, 0.6) is 0 Å². The fraction of sp³-hybridized carbons (Fsp3) is 0.261. The van der Waals surface area contributed by atoms with Crippen molar-refractivity contribution in [1.29, 1.82) is 0 Å². The molecule has 1 heteroatoms. The summed E-state index contributed by atoms with van der Waals surface area (Å²) in [5.41, 5.74) is 10.9. The van der Waals surface area contributed by atoms with Gasteiger partial charge in [0, 0.05) is 21.9 Å². The topological polar surface area (TPSA) is 4.93 Å². The Morgan fingerprint density at radius 2 is 1.11 bits per heavy atom. The molecule has 7 aromatic carbocycles. The normalized spacial score (nSPS) is 15.5. The summed E-state index contributed by atoms with van der Waals surface area (Å²) in [6, 6.07) is 42.7. The van der Waals surface area contributed by atoms with E-state index < -0.39 is 0 Å². The van der Waals surface area contributed by atoms with Crippen molar-refractivity contribution in [2.75, 3.05) is 0 Å². The van der Waals surface area contributed by atoms with E-state index in [0.29, 0.717) is 0 Å². The molecule has 232 valence electrons. The fourth-order valence-corrected chi connectivity index (χ4v) is 9.00. The molecule has 9 rings (SSSR count). The predicted molar refractivity (Wildman–Crippen MR) is 203 cm³/mol. The SMILES string of the molecule is Cc1ccc2c(c1)c1cc(C)ccc1n2-c1ccc(C2(c3ccc4ccc5cc(C(C)(C)C)cc6ccc3c4c56)CCCCC2)cc1. The highest BCUT2D eigenvalue weighted by Crippen LogP contribution is 2.49. The second kappa shape index (κ2) is 10.2.